The third-order valence-corrected chi connectivity index (χ3v) is 1.50. The van der Waals surface area contributed by atoms with Crippen molar-refractivity contribution in [2.45, 2.75) is 32.5 Å². The van der Waals surface area contributed by atoms with Crippen LogP contribution >= 0.6 is 0 Å². The molecule has 2 atom stereocenters. The molecule has 1 unspecified atom stereocenters. The molecule has 2 N–H and O–H groups in total. The molecule has 0 bridgehead atoms. The average molecular weight is 161 g/mol. The zero-order valence-electron chi connectivity index (χ0n) is 7.62. The number of hydrogen-bond donors (Lipinski definition) is 2. The number of nitrogens with zero attached hydrogens (tertiary/aromatic N) is 1. The highest BCUT2D eigenvalue weighted by molar-refractivity contribution is 4.57. The predicted molar refractivity (Wildman–Crippen MR) is 45.5 cm³/mol. The Bertz CT molecular complexity index is 94.1. The van der Waals surface area contributed by atoms with Crippen LogP contribution < -0.4 is 0 Å². The smallest absolute Gasteiger partial charge is 0.0638 e. The minimum absolute atomic E-state index is 0.244. The summed E-state index contributed by atoms with van der Waals surface area (Å²) in [7, 11) is 1.94. The second-order valence-electron chi connectivity index (χ2n) is 3.25. The van der Waals surface area contributed by atoms with Crippen LogP contribution in [0.2, 0.25) is 0 Å². The summed E-state index contributed by atoms with van der Waals surface area (Å²) >= 11 is 0. The van der Waals surface area contributed by atoms with Crippen LogP contribution in [0.4, 0.5) is 0 Å². The molecule has 3 heteroatoms. The van der Waals surface area contributed by atoms with Crippen LogP contribution in [0.25, 0.3) is 0 Å². The summed E-state index contributed by atoms with van der Waals surface area (Å²) < 4.78 is 0. The first-order chi connectivity index (χ1) is 5.02. The van der Waals surface area contributed by atoms with Gasteiger partial charge in [-0.2, -0.15) is 0 Å². The zero-order chi connectivity index (χ0) is 8.85. The first-order valence-corrected chi connectivity index (χ1v) is 4.07. The van der Waals surface area contributed by atoms with Crippen molar-refractivity contribution in [2.24, 2.45) is 0 Å². The minimum atomic E-state index is -0.283. The van der Waals surface area contributed by atoms with E-state index in [-0.39, 0.29) is 12.2 Å². The summed E-state index contributed by atoms with van der Waals surface area (Å²) in [5, 5.41) is 17.9. The molecule has 0 aromatic heterocycles. The standard InChI is InChI=1S/C8H19NO2/c1-7(10)4-5-9(3)6-8(2)11/h7-8,10-11H,4-6H2,1-3H3/t7?,8-/m0/s1. The Labute approximate surface area is 68.6 Å². The van der Waals surface area contributed by atoms with E-state index in [1.807, 2.05) is 11.9 Å². The van der Waals surface area contributed by atoms with Gasteiger partial charge in [-0.05, 0) is 27.3 Å². The summed E-state index contributed by atoms with van der Waals surface area (Å²) in [5.74, 6) is 0. The van der Waals surface area contributed by atoms with E-state index in [4.69, 9.17) is 10.2 Å². The van der Waals surface area contributed by atoms with Crippen LogP contribution in [-0.2, 0) is 0 Å². The summed E-state index contributed by atoms with van der Waals surface area (Å²) in [6, 6.07) is 0. The van der Waals surface area contributed by atoms with Crippen LogP contribution in [0.15, 0.2) is 0 Å². The molecule has 3 nitrogen and oxygen atoms in total. The lowest BCUT2D eigenvalue weighted by Gasteiger charge is -2.18. The number of aliphatic hydroxyl groups excluding tert-OH is 2. The lowest BCUT2D eigenvalue weighted by molar-refractivity contribution is 0.122. The Morgan fingerprint density at radius 2 is 1.73 bits per heavy atom. The van der Waals surface area contributed by atoms with Gasteiger partial charge in [0.1, 0.15) is 0 Å². The van der Waals surface area contributed by atoms with Crippen LogP contribution in [0.1, 0.15) is 20.3 Å². The summed E-state index contributed by atoms with van der Waals surface area (Å²) in [4.78, 5) is 2.01. The molecule has 0 heterocycles. The predicted octanol–water partition coefficient (Wildman–Crippen LogP) is 0.0699. The van der Waals surface area contributed by atoms with Gasteiger partial charge in [0.25, 0.3) is 0 Å². The van der Waals surface area contributed by atoms with Gasteiger partial charge in [0.05, 0.1) is 12.2 Å². The van der Waals surface area contributed by atoms with Crippen molar-refractivity contribution in [3.63, 3.8) is 0 Å². The van der Waals surface area contributed by atoms with E-state index in [0.29, 0.717) is 6.54 Å². The quantitative estimate of drug-likeness (QED) is 0.599. The number of hydrogen-bond acceptors (Lipinski definition) is 3. The van der Waals surface area contributed by atoms with Crippen molar-refractivity contribution in [1.29, 1.82) is 0 Å². The lowest BCUT2D eigenvalue weighted by atomic mass is 10.2. The molecule has 0 aliphatic carbocycles. The molecule has 0 saturated heterocycles. The number of rotatable bonds is 5. The molecule has 0 spiro atoms. The molecule has 0 rings (SSSR count). The van der Waals surface area contributed by atoms with E-state index in [2.05, 4.69) is 0 Å². The highest BCUT2D eigenvalue weighted by atomic mass is 16.3. The van der Waals surface area contributed by atoms with Gasteiger partial charge in [0, 0.05) is 13.1 Å². The van der Waals surface area contributed by atoms with Gasteiger partial charge < -0.3 is 15.1 Å². The van der Waals surface area contributed by atoms with E-state index >= 15 is 0 Å². The van der Waals surface area contributed by atoms with Gasteiger partial charge in [-0.25, -0.2) is 0 Å². The monoisotopic (exact) mass is 161 g/mol. The molecular weight excluding hydrogens is 142 g/mol. The fraction of sp³-hybridized carbons (Fsp3) is 1.00. The van der Waals surface area contributed by atoms with E-state index in [9.17, 15) is 0 Å². The first-order valence-electron chi connectivity index (χ1n) is 4.07. The van der Waals surface area contributed by atoms with Gasteiger partial charge in [0.15, 0.2) is 0 Å². The molecule has 0 saturated carbocycles. The van der Waals surface area contributed by atoms with Crippen molar-refractivity contribution in [1.82, 2.24) is 4.90 Å². The second-order valence-corrected chi connectivity index (χ2v) is 3.25. The molecule has 0 aromatic carbocycles. The maximum absolute atomic E-state index is 8.98. The summed E-state index contributed by atoms with van der Waals surface area (Å²) in [6.45, 7) is 5.05. The fourth-order valence-electron chi connectivity index (χ4n) is 0.950. The van der Waals surface area contributed by atoms with Crippen molar-refractivity contribution in [3.8, 4) is 0 Å². The largest absolute Gasteiger partial charge is 0.393 e. The van der Waals surface area contributed by atoms with E-state index in [1.165, 1.54) is 0 Å². The van der Waals surface area contributed by atoms with Crippen LogP contribution in [0.3, 0.4) is 0 Å². The molecule has 0 amide bonds. The van der Waals surface area contributed by atoms with E-state index in [1.54, 1.807) is 13.8 Å². The normalized spacial score (nSPS) is 16.9. The molecule has 11 heavy (non-hydrogen) atoms. The topological polar surface area (TPSA) is 43.7 Å². The van der Waals surface area contributed by atoms with Crippen molar-refractivity contribution in [2.75, 3.05) is 20.1 Å². The fourth-order valence-corrected chi connectivity index (χ4v) is 0.950. The SMILES string of the molecule is CC(O)CCN(C)C[C@H](C)O. The van der Waals surface area contributed by atoms with Gasteiger partial charge in [-0.1, -0.05) is 0 Å². The maximum Gasteiger partial charge on any atom is 0.0638 e. The highest BCUT2D eigenvalue weighted by Gasteiger charge is 2.03. The number of aliphatic hydroxyl groups is 2. The molecule has 0 radical (unpaired) electrons. The van der Waals surface area contributed by atoms with Crippen molar-refractivity contribution < 1.29 is 10.2 Å². The Morgan fingerprint density at radius 1 is 1.18 bits per heavy atom. The Morgan fingerprint density at radius 3 is 2.09 bits per heavy atom. The molecule has 68 valence electrons. The third kappa shape index (κ3) is 7.78. The summed E-state index contributed by atoms with van der Waals surface area (Å²) in [6.07, 6.45) is 0.240. The van der Waals surface area contributed by atoms with Gasteiger partial charge in [0.2, 0.25) is 0 Å². The van der Waals surface area contributed by atoms with Crippen molar-refractivity contribution >= 4 is 0 Å². The second kappa shape index (κ2) is 5.52. The third-order valence-electron chi connectivity index (χ3n) is 1.50. The lowest BCUT2D eigenvalue weighted by Crippen LogP contribution is -2.29. The highest BCUT2D eigenvalue weighted by Crippen LogP contribution is 1.94. The maximum atomic E-state index is 8.98. The molecule has 0 aliphatic heterocycles. The van der Waals surface area contributed by atoms with Crippen LogP contribution in [0.5, 0.6) is 0 Å². The Hall–Kier alpha value is -0.120. The van der Waals surface area contributed by atoms with E-state index < -0.39 is 0 Å². The molecular formula is C8H19NO2. The minimum Gasteiger partial charge on any atom is -0.393 e. The Balaban J connectivity index is 3.29. The summed E-state index contributed by atoms with van der Waals surface area (Å²) in [5.41, 5.74) is 0. The van der Waals surface area contributed by atoms with Crippen LogP contribution in [0, 0.1) is 0 Å². The van der Waals surface area contributed by atoms with Gasteiger partial charge >= 0.3 is 0 Å². The van der Waals surface area contributed by atoms with Crippen LogP contribution in [-0.4, -0.2) is 47.5 Å². The van der Waals surface area contributed by atoms with Gasteiger partial charge in [-0.3, -0.25) is 0 Å². The molecule has 0 fully saturated rings. The molecule has 0 aliphatic rings. The average Bonchev–Trinajstić information content (AvgIpc) is 1.82. The Kier molecular flexibility index (Phi) is 5.46. The van der Waals surface area contributed by atoms with E-state index in [0.717, 1.165) is 13.0 Å². The zero-order valence-corrected chi connectivity index (χ0v) is 7.62. The number of likely N-dealkylation sites (N-methyl/N-ethyl adjacent to an activating group) is 1. The van der Waals surface area contributed by atoms with Crippen molar-refractivity contribution in [3.05, 3.63) is 0 Å². The first kappa shape index (κ1) is 10.9. The molecule has 0 aromatic rings. The van der Waals surface area contributed by atoms with Gasteiger partial charge in [-0.15, -0.1) is 0 Å².